The first-order valence-electron chi connectivity index (χ1n) is 47.1. The maximum absolute atomic E-state index is 15.6. The van der Waals surface area contributed by atoms with Gasteiger partial charge in [0.15, 0.2) is 37.2 Å². The van der Waals surface area contributed by atoms with E-state index in [9.17, 15) is 4.79 Å². The summed E-state index contributed by atoms with van der Waals surface area (Å²) >= 11 is 0. The zero-order chi connectivity index (χ0) is 94.0. The Balaban J connectivity index is 0.814. The van der Waals surface area contributed by atoms with E-state index < -0.39 is 165 Å². The lowest BCUT2D eigenvalue weighted by Gasteiger charge is -2.64. The Morgan fingerprint density at radius 1 is 0.246 bits per heavy atom. The van der Waals surface area contributed by atoms with Gasteiger partial charge in [-0.3, -0.25) is 0 Å². The summed E-state index contributed by atoms with van der Waals surface area (Å²) in [6, 6.07) is 111. The van der Waals surface area contributed by atoms with Gasteiger partial charge in [-0.2, -0.15) is 0 Å². The van der Waals surface area contributed by atoms with Crippen molar-refractivity contribution < 1.29 is 119 Å². The summed E-state index contributed by atoms with van der Waals surface area (Å²) < 4.78 is 153. The first kappa shape index (κ1) is 96.1. The summed E-state index contributed by atoms with van der Waals surface area (Å²) in [5.41, 5.74) is 7.19. The predicted molar refractivity (Wildman–Crippen MR) is 503 cm³/mol. The summed E-state index contributed by atoms with van der Waals surface area (Å²) in [5.74, 6) is -5.52. The van der Waals surface area contributed by atoms with Gasteiger partial charge in [-0.25, -0.2) is 19.2 Å². The third-order valence-electron chi connectivity index (χ3n) is 25.0. The summed E-state index contributed by atoms with van der Waals surface area (Å²) in [6.45, 7) is 1.90. The molecule has 0 amide bonds. The van der Waals surface area contributed by atoms with E-state index >= 15 is 14.4 Å². The van der Waals surface area contributed by atoms with Crippen LogP contribution in [0.25, 0.3) is 0 Å². The van der Waals surface area contributed by atoms with Gasteiger partial charge >= 0.3 is 23.9 Å². The van der Waals surface area contributed by atoms with E-state index in [1.807, 2.05) is 250 Å². The second-order valence-electron chi connectivity index (χ2n) is 34.7. The molecular formula is C113H112O25. The topological polar surface area (TPSA) is 262 Å². The maximum Gasteiger partial charge on any atom is 0.338 e. The van der Waals surface area contributed by atoms with Gasteiger partial charge in [0.1, 0.15) is 98.2 Å². The molecule has 6 heterocycles. The van der Waals surface area contributed by atoms with Gasteiger partial charge in [0.25, 0.3) is 5.97 Å². The lowest BCUT2D eigenvalue weighted by atomic mass is 9.80. The highest BCUT2D eigenvalue weighted by atomic mass is 16.9. The highest BCUT2D eigenvalue weighted by molar-refractivity contribution is 5.92. The van der Waals surface area contributed by atoms with Crippen molar-refractivity contribution in [3.8, 4) is 0 Å². The molecule has 0 N–H and O–H groups in total. The van der Waals surface area contributed by atoms with Gasteiger partial charge in [-0.05, 0) is 99.5 Å². The fourth-order valence-corrected chi connectivity index (χ4v) is 18.1. The van der Waals surface area contributed by atoms with Crippen LogP contribution in [-0.2, 0) is 152 Å². The third-order valence-corrected chi connectivity index (χ3v) is 25.0. The lowest BCUT2D eigenvalue weighted by Crippen LogP contribution is -2.81. The van der Waals surface area contributed by atoms with Crippen LogP contribution in [0.3, 0.4) is 0 Å². The molecule has 0 aromatic heterocycles. The Hall–Kier alpha value is -12.2. The molecule has 25 nitrogen and oxygen atoms in total. The van der Waals surface area contributed by atoms with Gasteiger partial charge in [-0.15, -0.1) is 0 Å². The molecule has 0 radical (unpaired) electrons. The van der Waals surface area contributed by atoms with Crippen molar-refractivity contribution in [2.45, 2.75) is 214 Å². The van der Waals surface area contributed by atoms with Gasteiger partial charge in [0.2, 0.25) is 0 Å². The van der Waals surface area contributed by atoms with Crippen LogP contribution in [0, 0.1) is 0 Å². The average molecular weight is 1870 g/mol. The van der Waals surface area contributed by atoms with Crippen LogP contribution in [0.5, 0.6) is 0 Å². The molecule has 1 saturated carbocycles. The van der Waals surface area contributed by atoms with E-state index in [2.05, 4.69) is 0 Å². The number of ether oxygens (including phenoxy) is 21. The van der Waals surface area contributed by atoms with E-state index in [0.29, 0.717) is 12.8 Å². The van der Waals surface area contributed by atoms with Crippen molar-refractivity contribution in [1.29, 1.82) is 0 Å². The molecule has 7 aliphatic rings. The van der Waals surface area contributed by atoms with Crippen LogP contribution < -0.4 is 0 Å². The fraction of sp³-hybridized carbons (Fsp3) is 0.327. The summed E-state index contributed by atoms with van der Waals surface area (Å²) in [7, 11) is 0. The highest BCUT2D eigenvalue weighted by Crippen LogP contribution is 2.53. The minimum absolute atomic E-state index is 0.00330. The quantitative estimate of drug-likeness (QED) is 0.0254. The molecule has 22 atom stereocenters. The molecule has 6 saturated heterocycles. The van der Waals surface area contributed by atoms with Crippen LogP contribution in [0.4, 0.5) is 0 Å². The maximum atomic E-state index is 15.6. The van der Waals surface area contributed by atoms with Crippen molar-refractivity contribution in [3.05, 3.63) is 431 Å². The smallest absolute Gasteiger partial charge is 0.338 e. The standard InChI is InChI=1S/C113H112O25/c1-2-3-64-113-136-100-97(133-110-103(124-71-82-52-28-10-29-53-82)94(122-69-80-48-24-8-25-49-80)91(120-67-78-44-20-6-21-45-78)88(127-110)73-118-65-76-40-16-4-17-41-76)101(137-113)99(135-112-105(132-109(117)87-62-38-15-39-63-87)96(131-108(116)86-60-36-14-37-61-86)93(130-107(115)85-58-34-13-35-59-85)90(129-112)75-126-106(114)84-56-32-12-33-57-84)102(138-113)98(100)134-111-104(125-72-83-54-30-11-31-55-83)95(123-70-81-50-26-9-27-51-81)92(121-68-79-46-22-7-23-47-79)89(128-111)74-119-66-77-42-18-5-19-43-77/h4-63,88-105,110-112H,2-3,64-75H2,1H3/t88-,89-,90-,91-,92-,93-,94+,95+,96+,97-,98+,99?,100?,101+,102-,103+,104+,105+,110-,111-,112-,113?/m1/s1. The number of hydrogen-bond acceptors (Lipinski definition) is 25. The minimum atomic E-state index is -1.99. The zero-order valence-corrected chi connectivity index (χ0v) is 76.4. The number of carbonyl (C=O) groups is 4. The summed E-state index contributed by atoms with van der Waals surface area (Å²) in [5, 5.41) is 0. The van der Waals surface area contributed by atoms with Crippen molar-refractivity contribution in [3.63, 3.8) is 0 Å². The average Bonchev–Trinajstić information content (AvgIpc) is 0.696. The van der Waals surface area contributed by atoms with Crippen LogP contribution in [0.15, 0.2) is 364 Å². The number of carbonyl (C=O) groups excluding carboxylic acids is 4. The van der Waals surface area contributed by atoms with Crippen LogP contribution in [0.1, 0.15) is 112 Å². The molecule has 12 aromatic carbocycles. The van der Waals surface area contributed by atoms with Crippen molar-refractivity contribution in [1.82, 2.24) is 0 Å². The number of esters is 4. The van der Waals surface area contributed by atoms with E-state index in [1.54, 1.807) is 109 Å². The van der Waals surface area contributed by atoms with Crippen LogP contribution in [-0.4, -0.2) is 178 Å². The monoisotopic (exact) mass is 1870 g/mol. The molecule has 4 bridgehead atoms. The molecule has 19 rings (SSSR count). The minimum Gasteiger partial charge on any atom is -0.459 e. The number of rotatable bonds is 44. The molecule has 138 heavy (non-hydrogen) atoms. The second-order valence-corrected chi connectivity index (χ2v) is 34.7. The summed E-state index contributed by atoms with van der Waals surface area (Å²) in [6.07, 6.45) is -28.1. The van der Waals surface area contributed by atoms with E-state index in [-0.39, 0.29) is 94.7 Å². The van der Waals surface area contributed by atoms with Crippen LogP contribution in [0.2, 0.25) is 0 Å². The van der Waals surface area contributed by atoms with Crippen molar-refractivity contribution >= 4 is 23.9 Å². The number of benzene rings is 12. The molecule has 714 valence electrons. The fourth-order valence-electron chi connectivity index (χ4n) is 18.1. The molecule has 3 unspecified atom stereocenters. The zero-order valence-electron chi connectivity index (χ0n) is 76.4. The molecule has 12 aromatic rings. The van der Waals surface area contributed by atoms with Crippen molar-refractivity contribution in [2.24, 2.45) is 0 Å². The van der Waals surface area contributed by atoms with Crippen LogP contribution >= 0.6 is 0 Å². The number of hydrogen-bond donors (Lipinski definition) is 0. The Morgan fingerprint density at radius 3 is 0.783 bits per heavy atom. The molecular weight excluding hydrogens is 1760 g/mol. The molecule has 1 aliphatic carbocycles. The largest absolute Gasteiger partial charge is 0.459 e. The van der Waals surface area contributed by atoms with Gasteiger partial charge < -0.3 is 99.5 Å². The Bertz CT molecular complexity index is 5490. The Morgan fingerprint density at radius 2 is 0.486 bits per heavy atom. The van der Waals surface area contributed by atoms with E-state index in [4.69, 9.17) is 99.5 Å². The van der Waals surface area contributed by atoms with Gasteiger partial charge in [0, 0.05) is 6.42 Å². The lowest BCUT2D eigenvalue weighted by molar-refractivity contribution is -0.557. The normalized spacial score (nSPS) is 26.9. The van der Waals surface area contributed by atoms with Gasteiger partial charge in [-0.1, -0.05) is 329 Å². The molecule has 0 spiro atoms. The molecule has 25 heteroatoms. The molecule has 6 aliphatic heterocycles. The molecule has 7 fully saturated rings. The first-order chi connectivity index (χ1) is 68.0. The van der Waals surface area contributed by atoms with E-state index in [0.717, 1.165) is 44.5 Å². The Kier molecular flexibility index (Phi) is 33.4. The van der Waals surface area contributed by atoms with Crippen molar-refractivity contribution in [2.75, 3.05) is 19.8 Å². The SMILES string of the molecule is CCCCC12OC3[C@@H](O[C@H]4O[C@H](COCc5ccccc5)[C@@H](OCc5ccccc5)[C@H](OCc5ccccc5)[C@@H]4OCc4ccccc4)[C@H](O1)C(O[C@H]1O[C@H](COC(=O)c4ccccc4)[C@@H](OC(=O)c4ccccc4)[C@H](OC(=O)c4ccccc4)[C@@H]1OC(=O)c1ccccc1)[C@H](O2)[C@H]3O[C@H]1O[C@H](COCc2ccccc2)[C@@H](OCc2ccccc2)[C@H](OCc2ccccc2)[C@@H]1OCc1ccccc1. The van der Waals surface area contributed by atoms with Gasteiger partial charge in [0.05, 0.1) is 88.3 Å². The summed E-state index contributed by atoms with van der Waals surface area (Å²) in [4.78, 5) is 60.7. The highest BCUT2D eigenvalue weighted by Gasteiger charge is 2.72. The van der Waals surface area contributed by atoms with E-state index in [1.165, 1.54) is 12.1 Å². The Labute approximate surface area is 802 Å². The predicted octanol–water partition coefficient (Wildman–Crippen LogP) is 17.8. The third kappa shape index (κ3) is 24.7. The second kappa shape index (κ2) is 47.9. The first-order valence-corrected chi connectivity index (χ1v) is 47.1. The number of unbranched alkanes of at least 4 members (excludes halogenated alkanes) is 1.